The van der Waals surface area contributed by atoms with E-state index in [9.17, 15) is 13.2 Å². The van der Waals surface area contributed by atoms with Crippen LogP contribution in [0.25, 0.3) is 4.85 Å². The van der Waals surface area contributed by atoms with Gasteiger partial charge < -0.3 is 4.85 Å². The van der Waals surface area contributed by atoms with Crippen molar-refractivity contribution in [3.8, 4) is 0 Å². The van der Waals surface area contributed by atoms with Crippen LogP contribution < -0.4 is 0 Å². The van der Waals surface area contributed by atoms with Gasteiger partial charge in [0.25, 0.3) is 0 Å². The predicted octanol–water partition coefficient (Wildman–Crippen LogP) is 4.34. The van der Waals surface area contributed by atoms with E-state index in [4.69, 9.17) is 18.2 Å². The van der Waals surface area contributed by atoms with Gasteiger partial charge in [-0.2, -0.15) is 13.2 Å². The Morgan fingerprint density at radius 1 is 1.40 bits per heavy atom. The Labute approximate surface area is 90.3 Å². The van der Waals surface area contributed by atoms with Gasteiger partial charge in [-0.3, -0.25) is 0 Å². The van der Waals surface area contributed by atoms with Crippen LogP contribution in [0.1, 0.15) is 24.1 Å². The Morgan fingerprint density at radius 3 is 2.47 bits per heavy atom. The lowest BCUT2D eigenvalue weighted by molar-refractivity contribution is -0.138. The van der Waals surface area contributed by atoms with E-state index in [1.54, 1.807) is 0 Å². The molecule has 1 nitrogen and oxygen atoms in total. The van der Waals surface area contributed by atoms with Gasteiger partial charge in [0.1, 0.15) is 0 Å². The summed E-state index contributed by atoms with van der Waals surface area (Å²) in [4.78, 5) is 3.07. The molecule has 0 saturated carbocycles. The molecule has 1 aromatic rings. The van der Waals surface area contributed by atoms with Gasteiger partial charge in [-0.05, 0) is 18.2 Å². The summed E-state index contributed by atoms with van der Waals surface area (Å²) in [5.41, 5.74) is -0.875. The smallest absolute Gasteiger partial charge is 0.309 e. The van der Waals surface area contributed by atoms with E-state index in [1.165, 1.54) is 19.1 Å². The van der Waals surface area contributed by atoms with Gasteiger partial charge in [0.15, 0.2) is 0 Å². The van der Waals surface area contributed by atoms with E-state index >= 15 is 0 Å². The van der Waals surface area contributed by atoms with Crippen LogP contribution in [0, 0.1) is 6.57 Å². The highest BCUT2D eigenvalue weighted by Crippen LogP contribution is 2.37. The standard InChI is InChI=1S/C10H7ClF3N/c1-6(15-2)8-4-3-7(11)5-9(8)10(12,13)14/h3-6H,1H3. The summed E-state index contributed by atoms with van der Waals surface area (Å²) in [5.74, 6) is 0. The highest BCUT2D eigenvalue weighted by atomic mass is 35.5. The number of hydrogen-bond acceptors (Lipinski definition) is 0. The minimum absolute atomic E-state index is 0.0169. The van der Waals surface area contributed by atoms with Gasteiger partial charge in [-0.1, -0.05) is 11.6 Å². The number of alkyl halides is 3. The quantitative estimate of drug-likeness (QED) is 0.636. The molecule has 0 fully saturated rings. The SMILES string of the molecule is [C-]#[N+]C(C)c1ccc(Cl)cc1C(F)(F)F. The lowest BCUT2D eigenvalue weighted by Crippen LogP contribution is -2.09. The van der Waals surface area contributed by atoms with E-state index in [1.807, 2.05) is 0 Å². The molecule has 0 bridgehead atoms. The fourth-order valence-corrected chi connectivity index (χ4v) is 1.38. The molecule has 5 heteroatoms. The molecule has 0 N–H and O–H groups in total. The fraction of sp³-hybridized carbons (Fsp3) is 0.300. The van der Waals surface area contributed by atoms with Crippen LogP contribution in [-0.4, -0.2) is 0 Å². The van der Waals surface area contributed by atoms with E-state index < -0.39 is 17.8 Å². The molecule has 80 valence electrons. The summed E-state index contributed by atoms with van der Waals surface area (Å²) in [6.07, 6.45) is -4.47. The molecular formula is C10H7ClF3N. The second-order valence-electron chi connectivity index (χ2n) is 3.03. The maximum Gasteiger partial charge on any atom is 0.417 e. The number of halogens is 4. The molecule has 0 spiro atoms. The summed E-state index contributed by atoms with van der Waals surface area (Å²) in [6.45, 7) is 8.15. The van der Waals surface area contributed by atoms with Crippen molar-refractivity contribution in [2.75, 3.05) is 0 Å². The largest absolute Gasteiger partial charge is 0.417 e. The zero-order chi connectivity index (χ0) is 11.6. The minimum Gasteiger partial charge on any atom is -0.309 e. The zero-order valence-electron chi connectivity index (χ0n) is 7.77. The summed E-state index contributed by atoms with van der Waals surface area (Å²) < 4.78 is 37.7. The lowest BCUT2D eigenvalue weighted by Gasteiger charge is -2.12. The molecule has 0 radical (unpaired) electrons. The highest BCUT2D eigenvalue weighted by Gasteiger charge is 2.36. The monoisotopic (exact) mass is 233 g/mol. The molecule has 0 heterocycles. The topological polar surface area (TPSA) is 4.36 Å². The lowest BCUT2D eigenvalue weighted by atomic mass is 10.0. The van der Waals surface area contributed by atoms with Gasteiger partial charge in [-0.15, -0.1) is 0 Å². The summed E-state index contributed by atoms with van der Waals surface area (Å²) in [6, 6.07) is 2.62. The van der Waals surface area contributed by atoms with Crippen LogP contribution in [0.4, 0.5) is 13.2 Å². The van der Waals surface area contributed by atoms with Gasteiger partial charge in [-0.25, -0.2) is 6.57 Å². The van der Waals surface area contributed by atoms with E-state index in [2.05, 4.69) is 4.85 Å². The Balaban J connectivity index is 3.35. The van der Waals surface area contributed by atoms with Crippen molar-refractivity contribution in [1.29, 1.82) is 0 Å². The van der Waals surface area contributed by atoms with Crippen molar-refractivity contribution in [2.24, 2.45) is 0 Å². The summed E-state index contributed by atoms with van der Waals surface area (Å²) in [7, 11) is 0. The van der Waals surface area contributed by atoms with Crippen molar-refractivity contribution < 1.29 is 13.2 Å². The molecule has 0 aliphatic carbocycles. The first-order valence-electron chi connectivity index (χ1n) is 4.09. The Bertz CT molecular complexity index is 406. The second-order valence-corrected chi connectivity index (χ2v) is 3.47. The predicted molar refractivity (Wildman–Crippen MR) is 51.5 cm³/mol. The molecule has 15 heavy (non-hydrogen) atoms. The average Bonchev–Trinajstić information content (AvgIpc) is 2.15. The van der Waals surface area contributed by atoms with Gasteiger partial charge in [0, 0.05) is 17.5 Å². The third-order valence-electron chi connectivity index (χ3n) is 1.96. The molecule has 0 aliphatic heterocycles. The molecule has 0 amide bonds. The first kappa shape index (κ1) is 11.9. The highest BCUT2D eigenvalue weighted by molar-refractivity contribution is 6.30. The van der Waals surface area contributed by atoms with Crippen molar-refractivity contribution in [2.45, 2.75) is 19.1 Å². The molecule has 0 aromatic heterocycles. The number of hydrogen-bond donors (Lipinski definition) is 0. The van der Waals surface area contributed by atoms with Crippen LogP contribution in [0.15, 0.2) is 18.2 Å². The maximum atomic E-state index is 12.6. The summed E-state index contributed by atoms with van der Waals surface area (Å²) in [5, 5.41) is 0.0169. The van der Waals surface area contributed by atoms with Crippen molar-refractivity contribution >= 4 is 11.6 Å². The van der Waals surface area contributed by atoms with Crippen LogP contribution in [-0.2, 0) is 6.18 Å². The zero-order valence-corrected chi connectivity index (χ0v) is 8.52. The molecule has 0 saturated heterocycles. The first-order chi connectivity index (χ1) is 6.86. The third kappa shape index (κ3) is 2.63. The molecule has 1 rings (SSSR count). The minimum atomic E-state index is -4.47. The molecule has 1 aromatic carbocycles. The van der Waals surface area contributed by atoms with E-state index in [0.29, 0.717) is 0 Å². The van der Waals surface area contributed by atoms with Crippen LogP contribution in [0.5, 0.6) is 0 Å². The van der Waals surface area contributed by atoms with Crippen molar-refractivity contribution in [1.82, 2.24) is 0 Å². The first-order valence-corrected chi connectivity index (χ1v) is 4.47. The Hall–Kier alpha value is -1.21. The van der Waals surface area contributed by atoms with Crippen LogP contribution >= 0.6 is 11.6 Å². The molecule has 0 aliphatic rings. The Kier molecular flexibility index (Phi) is 3.25. The molecule has 1 unspecified atom stereocenters. The van der Waals surface area contributed by atoms with Gasteiger partial charge in [0.05, 0.1) is 5.56 Å². The van der Waals surface area contributed by atoms with Crippen molar-refractivity contribution in [3.05, 3.63) is 45.8 Å². The number of nitrogens with zero attached hydrogens (tertiary/aromatic N) is 1. The van der Waals surface area contributed by atoms with Gasteiger partial charge in [0.2, 0.25) is 6.04 Å². The number of benzene rings is 1. The van der Waals surface area contributed by atoms with Gasteiger partial charge >= 0.3 is 6.18 Å². The van der Waals surface area contributed by atoms with Crippen molar-refractivity contribution in [3.63, 3.8) is 0 Å². The third-order valence-corrected chi connectivity index (χ3v) is 2.20. The molecular weight excluding hydrogens is 227 g/mol. The fourth-order valence-electron chi connectivity index (χ4n) is 1.21. The summed E-state index contributed by atoms with van der Waals surface area (Å²) >= 11 is 5.49. The normalized spacial score (nSPS) is 13.3. The van der Waals surface area contributed by atoms with E-state index in [0.717, 1.165) is 6.07 Å². The molecule has 1 atom stereocenters. The maximum absolute atomic E-state index is 12.6. The van der Waals surface area contributed by atoms with Crippen LogP contribution in [0.2, 0.25) is 5.02 Å². The van der Waals surface area contributed by atoms with E-state index in [-0.39, 0.29) is 10.6 Å². The van der Waals surface area contributed by atoms with Crippen LogP contribution in [0.3, 0.4) is 0 Å². The Morgan fingerprint density at radius 2 is 2.00 bits per heavy atom. The number of rotatable bonds is 1. The second kappa shape index (κ2) is 4.11. The average molecular weight is 234 g/mol.